The summed E-state index contributed by atoms with van der Waals surface area (Å²) in [7, 11) is 1.62. The summed E-state index contributed by atoms with van der Waals surface area (Å²) in [6.07, 6.45) is 2.44. The second kappa shape index (κ2) is 10.8. The van der Waals surface area contributed by atoms with Gasteiger partial charge in [-0.2, -0.15) is 11.8 Å². The Morgan fingerprint density at radius 2 is 2.07 bits per heavy atom. The Balaban J connectivity index is 1.36. The van der Waals surface area contributed by atoms with Gasteiger partial charge in [-0.05, 0) is 60.7 Å². The minimum absolute atomic E-state index is 0.0241. The van der Waals surface area contributed by atoms with Gasteiger partial charge >= 0.3 is 6.09 Å². The average molecular weight is 435 g/mol. The predicted molar refractivity (Wildman–Crippen MR) is 118 cm³/mol. The van der Waals surface area contributed by atoms with Gasteiger partial charge in [0.15, 0.2) is 0 Å². The summed E-state index contributed by atoms with van der Waals surface area (Å²) < 4.78 is 10.7. The van der Waals surface area contributed by atoms with Crippen LogP contribution in [0.25, 0.3) is 0 Å². The summed E-state index contributed by atoms with van der Waals surface area (Å²) in [5.41, 5.74) is 2.63. The fraction of sp³-hybridized carbons (Fsp3) is 0.429. The minimum Gasteiger partial charge on any atom is -0.497 e. The lowest BCUT2D eigenvalue weighted by Crippen LogP contribution is -2.24. The van der Waals surface area contributed by atoms with Crippen molar-refractivity contribution in [1.82, 2.24) is 4.98 Å². The second-order valence-corrected chi connectivity index (χ2v) is 8.92. The van der Waals surface area contributed by atoms with E-state index in [1.165, 1.54) is 4.90 Å². The molecule has 29 heavy (non-hydrogen) atoms. The molecule has 0 radical (unpaired) electrons. The van der Waals surface area contributed by atoms with E-state index >= 15 is 0 Å². The van der Waals surface area contributed by atoms with Crippen LogP contribution in [0, 0.1) is 6.92 Å². The number of hydrogen-bond donors (Lipinski definition) is 1. The van der Waals surface area contributed by atoms with Crippen LogP contribution in [0.5, 0.6) is 5.75 Å². The van der Waals surface area contributed by atoms with Crippen LogP contribution in [0.2, 0.25) is 0 Å². The quantitative estimate of drug-likeness (QED) is 0.445. The van der Waals surface area contributed by atoms with Crippen LogP contribution in [-0.2, 0) is 11.3 Å². The van der Waals surface area contributed by atoms with Gasteiger partial charge in [-0.3, -0.25) is 9.88 Å². The predicted octanol–water partition coefficient (Wildman–Crippen LogP) is 4.13. The molecule has 1 atom stereocenters. The highest BCUT2D eigenvalue weighted by molar-refractivity contribution is 8.00. The number of cyclic esters (lactones) is 1. The van der Waals surface area contributed by atoms with Gasteiger partial charge in [0.05, 0.1) is 26.0 Å². The summed E-state index contributed by atoms with van der Waals surface area (Å²) in [5, 5.41) is 9.30. The van der Waals surface area contributed by atoms with Gasteiger partial charge in [0.1, 0.15) is 11.9 Å². The van der Waals surface area contributed by atoms with E-state index in [-0.39, 0.29) is 18.8 Å². The molecule has 2 aromatic rings. The van der Waals surface area contributed by atoms with Crippen LogP contribution in [0.3, 0.4) is 0 Å². The summed E-state index contributed by atoms with van der Waals surface area (Å²) in [5.74, 6) is 3.58. The van der Waals surface area contributed by atoms with Crippen molar-refractivity contribution >= 4 is 35.3 Å². The number of nitrogens with zero attached hydrogens (tertiary/aromatic N) is 2. The van der Waals surface area contributed by atoms with Gasteiger partial charge < -0.3 is 14.6 Å². The average Bonchev–Trinajstić information content (AvgIpc) is 3.12. The van der Waals surface area contributed by atoms with Gasteiger partial charge in [0.2, 0.25) is 0 Å². The molecule has 1 N–H and O–H groups in total. The molecule has 1 unspecified atom stereocenters. The molecule has 3 rings (SSSR count). The van der Waals surface area contributed by atoms with E-state index in [0.29, 0.717) is 6.54 Å². The van der Waals surface area contributed by atoms with E-state index in [0.717, 1.165) is 46.4 Å². The lowest BCUT2D eigenvalue weighted by Gasteiger charge is -2.13. The third kappa shape index (κ3) is 5.81. The molecule has 0 saturated carbocycles. The Labute approximate surface area is 180 Å². The summed E-state index contributed by atoms with van der Waals surface area (Å²) in [4.78, 5) is 19.2. The molecule has 1 aliphatic heterocycles. The molecule has 1 saturated heterocycles. The fourth-order valence-corrected chi connectivity index (χ4v) is 5.15. The van der Waals surface area contributed by atoms with Gasteiger partial charge in [0.25, 0.3) is 0 Å². The zero-order valence-electron chi connectivity index (χ0n) is 16.7. The van der Waals surface area contributed by atoms with Crippen molar-refractivity contribution in [1.29, 1.82) is 0 Å². The first-order chi connectivity index (χ1) is 14.1. The number of methoxy groups -OCH3 is 1. The first-order valence-corrected chi connectivity index (χ1v) is 11.6. The van der Waals surface area contributed by atoms with Crippen LogP contribution in [0.1, 0.15) is 17.7 Å². The Kier molecular flexibility index (Phi) is 8.09. The van der Waals surface area contributed by atoms with E-state index < -0.39 is 0 Å². The number of anilines is 1. The van der Waals surface area contributed by atoms with Crippen LogP contribution >= 0.6 is 23.5 Å². The molecule has 156 valence electrons. The Bertz CT molecular complexity index is 817. The highest BCUT2D eigenvalue weighted by Gasteiger charge is 2.32. The normalized spacial score (nSPS) is 16.2. The van der Waals surface area contributed by atoms with Crippen LogP contribution in [0.15, 0.2) is 41.4 Å². The van der Waals surface area contributed by atoms with Crippen molar-refractivity contribution in [2.45, 2.75) is 31.0 Å². The highest BCUT2D eigenvalue weighted by Crippen LogP contribution is 2.27. The zero-order chi connectivity index (χ0) is 20.6. The summed E-state index contributed by atoms with van der Waals surface area (Å²) >= 11 is 3.61. The first kappa shape index (κ1) is 21.8. The molecule has 1 aliphatic rings. The Morgan fingerprint density at radius 3 is 2.79 bits per heavy atom. The molecule has 0 aliphatic carbocycles. The van der Waals surface area contributed by atoms with E-state index in [9.17, 15) is 9.90 Å². The van der Waals surface area contributed by atoms with Gasteiger partial charge in [0, 0.05) is 22.5 Å². The fourth-order valence-electron chi connectivity index (χ4n) is 3.01. The SMILES string of the molecule is COc1ccc(N2CC(CSCCCSc3ccnc(CO)c3C)OC2=O)cc1. The molecule has 8 heteroatoms. The largest absolute Gasteiger partial charge is 0.497 e. The maximum Gasteiger partial charge on any atom is 0.414 e. The van der Waals surface area contributed by atoms with Crippen molar-refractivity contribution in [2.24, 2.45) is 0 Å². The summed E-state index contributed by atoms with van der Waals surface area (Å²) in [6, 6.07) is 9.43. The van der Waals surface area contributed by atoms with Crippen molar-refractivity contribution in [3.63, 3.8) is 0 Å². The molecule has 0 spiro atoms. The van der Waals surface area contributed by atoms with Crippen molar-refractivity contribution in [3.05, 3.63) is 47.8 Å². The molecule has 1 amide bonds. The van der Waals surface area contributed by atoms with E-state index in [1.807, 2.05) is 49.0 Å². The third-order valence-electron chi connectivity index (χ3n) is 4.66. The molecule has 1 fully saturated rings. The number of carbonyl (C=O) groups excluding carboxylic acids is 1. The van der Waals surface area contributed by atoms with Gasteiger partial charge in [-0.1, -0.05) is 0 Å². The van der Waals surface area contributed by atoms with Crippen molar-refractivity contribution in [3.8, 4) is 5.75 Å². The molecule has 1 aromatic heterocycles. The first-order valence-electron chi connectivity index (χ1n) is 9.50. The third-order valence-corrected chi connectivity index (χ3v) is 7.09. The van der Waals surface area contributed by atoms with Crippen LogP contribution in [-0.4, -0.2) is 53.2 Å². The molecule has 1 aromatic carbocycles. The molecule has 6 nitrogen and oxygen atoms in total. The number of hydrogen-bond acceptors (Lipinski definition) is 7. The van der Waals surface area contributed by atoms with Gasteiger partial charge in [-0.25, -0.2) is 4.79 Å². The van der Waals surface area contributed by atoms with Gasteiger partial charge in [-0.15, -0.1) is 11.8 Å². The number of thioether (sulfide) groups is 2. The maximum absolute atomic E-state index is 12.2. The zero-order valence-corrected chi connectivity index (χ0v) is 18.3. The molecular formula is C21H26N2O4S2. The highest BCUT2D eigenvalue weighted by atomic mass is 32.2. The number of aliphatic hydroxyl groups is 1. The number of benzene rings is 1. The maximum atomic E-state index is 12.2. The van der Waals surface area contributed by atoms with E-state index in [1.54, 1.807) is 30.0 Å². The number of pyridine rings is 1. The number of ether oxygens (including phenoxy) is 2. The topological polar surface area (TPSA) is 71.9 Å². The standard InChI is InChI=1S/C21H26N2O4S2/c1-15-19(13-24)22-9-8-20(15)29-11-3-10-28-14-18-12-23(21(25)27-18)16-4-6-17(26-2)7-5-16/h4-9,18,24H,3,10-14H2,1-2H3. The Morgan fingerprint density at radius 1 is 1.28 bits per heavy atom. The van der Waals surface area contributed by atoms with Crippen molar-refractivity contribution < 1.29 is 19.4 Å². The van der Waals surface area contributed by atoms with E-state index in [4.69, 9.17) is 9.47 Å². The lowest BCUT2D eigenvalue weighted by atomic mass is 10.2. The smallest absolute Gasteiger partial charge is 0.414 e. The second-order valence-electron chi connectivity index (χ2n) is 6.63. The molecule has 0 bridgehead atoms. The minimum atomic E-state index is -0.288. The number of aliphatic hydroxyl groups excluding tert-OH is 1. The van der Waals surface area contributed by atoms with E-state index in [2.05, 4.69) is 4.98 Å². The number of amides is 1. The Hall–Kier alpha value is -1.90. The number of carbonyl (C=O) groups is 1. The van der Waals surface area contributed by atoms with Crippen LogP contribution in [0.4, 0.5) is 10.5 Å². The number of aromatic nitrogens is 1. The molecule has 2 heterocycles. The van der Waals surface area contributed by atoms with Crippen molar-refractivity contribution in [2.75, 3.05) is 35.8 Å². The monoisotopic (exact) mass is 434 g/mol. The molecular weight excluding hydrogens is 408 g/mol. The lowest BCUT2D eigenvalue weighted by molar-refractivity contribution is 0.151. The van der Waals surface area contributed by atoms with Crippen LogP contribution < -0.4 is 9.64 Å². The summed E-state index contributed by atoms with van der Waals surface area (Å²) in [6.45, 7) is 2.55. The number of rotatable bonds is 10.